The molecule has 0 aromatic heterocycles. The highest BCUT2D eigenvalue weighted by molar-refractivity contribution is 6.76. The fourth-order valence-electron chi connectivity index (χ4n) is 3.47. The van der Waals surface area contributed by atoms with E-state index in [9.17, 15) is 4.79 Å². The quantitative estimate of drug-likeness (QED) is 0.107. The minimum absolute atomic E-state index is 0.0341. The Hall–Kier alpha value is -2.79. The molecule has 0 bridgehead atoms. The molecule has 0 aliphatic carbocycles. The molecule has 3 rings (SSSR count). The number of esters is 1. The van der Waals surface area contributed by atoms with Gasteiger partial charge in [-0.05, 0) is 23.1 Å². The summed E-state index contributed by atoms with van der Waals surface area (Å²) in [6.45, 7) is 3.99. The standard InChI is InChI=1S/C27H24Cl3NO3/c1-19(25(32)33-18-20-11-5-2-6-12-20)24(34-26(31)27(28,29)30)17-23(21-13-7-3-8-14-21)22-15-9-4-10-16-22/h2-16,23-24,31H,1,17-18H2. The van der Waals surface area contributed by atoms with Crippen LogP contribution in [0, 0.1) is 5.41 Å². The predicted molar refractivity (Wildman–Crippen MR) is 138 cm³/mol. The Morgan fingerprint density at radius 3 is 1.79 bits per heavy atom. The first-order valence-electron chi connectivity index (χ1n) is 10.6. The van der Waals surface area contributed by atoms with Crippen LogP contribution in [0.3, 0.4) is 0 Å². The molecule has 1 atom stereocenters. The second-order valence-corrected chi connectivity index (χ2v) is 9.91. The minimum atomic E-state index is -2.08. The van der Waals surface area contributed by atoms with Gasteiger partial charge in [-0.25, -0.2) is 4.79 Å². The van der Waals surface area contributed by atoms with Crippen LogP contribution in [-0.2, 0) is 20.9 Å². The number of ether oxygens (including phenoxy) is 2. The van der Waals surface area contributed by atoms with Crippen LogP contribution in [0.1, 0.15) is 29.0 Å². The first-order chi connectivity index (χ1) is 16.3. The number of carbonyl (C=O) groups is 1. The molecule has 3 aromatic rings. The van der Waals surface area contributed by atoms with Gasteiger partial charge >= 0.3 is 5.97 Å². The monoisotopic (exact) mass is 515 g/mol. The summed E-state index contributed by atoms with van der Waals surface area (Å²) in [6.07, 6.45) is -0.687. The number of nitrogens with one attached hydrogen (secondary N) is 1. The number of alkyl halides is 3. The third-order valence-electron chi connectivity index (χ3n) is 5.23. The molecule has 34 heavy (non-hydrogen) atoms. The molecule has 0 spiro atoms. The van der Waals surface area contributed by atoms with Crippen LogP contribution in [-0.4, -0.2) is 21.8 Å². The Morgan fingerprint density at radius 2 is 1.32 bits per heavy atom. The topological polar surface area (TPSA) is 59.4 Å². The van der Waals surface area contributed by atoms with Gasteiger partial charge in [-0.3, -0.25) is 5.41 Å². The normalized spacial score (nSPS) is 12.1. The average Bonchev–Trinajstić information content (AvgIpc) is 2.85. The van der Waals surface area contributed by atoms with E-state index in [0.717, 1.165) is 16.7 Å². The number of halogens is 3. The SMILES string of the molecule is C=C(C(=O)OCc1ccccc1)C(CC(c1ccccc1)c1ccccc1)OC(=N)C(Cl)(Cl)Cl. The molecule has 0 radical (unpaired) electrons. The molecular formula is C27H24Cl3NO3. The van der Waals surface area contributed by atoms with Crippen molar-refractivity contribution in [1.82, 2.24) is 0 Å². The highest BCUT2D eigenvalue weighted by Gasteiger charge is 2.34. The maximum absolute atomic E-state index is 12.9. The molecule has 1 N–H and O–H groups in total. The fourth-order valence-corrected chi connectivity index (χ4v) is 3.60. The molecule has 4 nitrogen and oxygen atoms in total. The highest BCUT2D eigenvalue weighted by atomic mass is 35.6. The lowest BCUT2D eigenvalue weighted by molar-refractivity contribution is -0.141. The van der Waals surface area contributed by atoms with Gasteiger partial charge in [-0.15, -0.1) is 0 Å². The average molecular weight is 517 g/mol. The Morgan fingerprint density at radius 1 is 0.853 bits per heavy atom. The summed E-state index contributed by atoms with van der Waals surface area (Å²) in [7, 11) is 0. The number of rotatable bonds is 9. The highest BCUT2D eigenvalue weighted by Crippen LogP contribution is 2.34. The van der Waals surface area contributed by atoms with Crippen molar-refractivity contribution in [1.29, 1.82) is 5.41 Å². The second kappa shape index (κ2) is 12.1. The van der Waals surface area contributed by atoms with Crippen LogP contribution >= 0.6 is 34.8 Å². The van der Waals surface area contributed by atoms with Crippen LogP contribution in [0.15, 0.2) is 103 Å². The number of hydrogen-bond donors (Lipinski definition) is 1. The van der Waals surface area contributed by atoms with E-state index in [-0.39, 0.29) is 24.5 Å². The zero-order valence-electron chi connectivity index (χ0n) is 18.3. The molecule has 0 saturated heterocycles. The van der Waals surface area contributed by atoms with Gasteiger partial charge in [0.05, 0.1) is 5.57 Å². The minimum Gasteiger partial charge on any atom is -0.470 e. The van der Waals surface area contributed by atoms with E-state index in [1.165, 1.54) is 0 Å². The van der Waals surface area contributed by atoms with E-state index in [1.807, 2.05) is 91.0 Å². The van der Waals surface area contributed by atoms with Gasteiger partial charge in [0.25, 0.3) is 3.79 Å². The number of benzene rings is 3. The van der Waals surface area contributed by atoms with Crippen molar-refractivity contribution in [3.8, 4) is 0 Å². The van der Waals surface area contributed by atoms with Crippen molar-refractivity contribution >= 4 is 46.7 Å². The molecule has 7 heteroatoms. The van der Waals surface area contributed by atoms with E-state index >= 15 is 0 Å². The Bertz CT molecular complexity index is 1060. The maximum atomic E-state index is 12.9. The van der Waals surface area contributed by atoms with Crippen LogP contribution in [0.4, 0.5) is 0 Å². The summed E-state index contributed by atoms with van der Waals surface area (Å²) in [6, 6.07) is 28.9. The van der Waals surface area contributed by atoms with Gasteiger partial charge < -0.3 is 9.47 Å². The predicted octanol–water partition coefficient (Wildman–Crippen LogP) is 7.24. The van der Waals surface area contributed by atoms with Crippen molar-refractivity contribution in [3.63, 3.8) is 0 Å². The first kappa shape index (κ1) is 25.8. The lowest BCUT2D eigenvalue weighted by Crippen LogP contribution is -2.32. The molecule has 3 aromatic carbocycles. The Kier molecular flexibility index (Phi) is 9.17. The van der Waals surface area contributed by atoms with E-state index in [0.29, 0.717) is 0 Å². The van der Waals surface area contributed by atoms with Crippen molar-refractivity contribution in [2.45, 2.75) is 28.8 Å². The van der Waals surface area contributed by atoms with Crippen LogP contribution in [0.25, 0.3) is 0 Å². The summed E-state index contributed by atoms with van der Waals surface area (Å²) in [5.74, 6) is -1.42. The van der Waals surface area contributed by atoms with E-state index in [1.54, 1.807) is 0 Å². The van der Waals surface area contributed by atoms with Crippen molar-refractivity contribution in [3.05, 3.63) is 120 Å². The third kappa shape index (κ3) is 7.36. The van der Waals surface area contributed by atoms with Gasteiger partial charge in [-0.2, -0.15) is 0 Å². The van der Waals surface area contributed by atoms with Gasteiger partial charge in [0.1, 0.15) is 12.7 Å². The van der Waals surface area contributed by atoms with E-state index in [4.69, 9.17) is 49.7 Å². The van der Waals surface area contributed by atoms with Gasteiger partial charge in [0.15, 0.2) is 0 Å². The molecule has 1 unspecified atom stereocenters. The number of hydrogen-bond acceptors (Lipinski definition) is 4. The van der Waals surface area contributed by atoms with Gasteiger partial charge in [0, 0.05) is 5.92 Å². The number of carbonyl (C=O) groups excluding carboxylic acids is 1. The molecule has 0 aliphatic rings. The summed E-state index contributed by atoms with van der Waals surface area (Å²) < 4.78 is 9.07. The zero-order valence-corrected chi connectivity index (χ0v) is 20.6. The summed E-state index contributed by atoms with van der Waals surface area (Å²) in [4.78, 5) is 12.9. The van der Waals surface area contributed by atoms with Gasteiger partial charge in [-0.1, -0.05) is 132 Å². The summed E-state index contributed by atoms with van der Waals surface area (Å²) in [5.41, 5.74) is 2.88. The van der Waals surface area contributed by atoms with E-state index in [2.05, 4.69) is 6.58 Å². The van der Waals surface area contributed by atoms with Crippen molar-refractivity contribution in [2.24, 2.45) is 0 Å². The molecule has 0 saturated carbocycles. The zero-order chi connectivity index (χ0) is 24.6. The second-order valence-electron chi connectivity index (χ2n) is 7.63. The van der Waals surface area contributed by atoms with E-state index < -0.39 is 21.8 Å². The van der Waals surface area contributed by atoms with Gasteiger partial charge in [0.2, 0.25) is 5.90 Å². The first-order valence-corrected chi connectivity index (χ1v) is 11.7. The molecule has 0 heterocycles. The molecule has 0 fully saturated rings. The van der Waals surface area contributed by atoms with Crippen LogP contribution in [0.5, 0.6) is 0 Å². The Labute approximate surface area is 214 Å². The lowest BCUT2D eigenvalue weighted by atomic mass is 9.85. The lowest BCUT2D eigenvalue weighted by Gasteiger charge is -2.27. The summed E-state index contributed by atoms with van der Waals surface area (Å²) >= 11 is 17.6. The molecule has 176 valence electrons. The Balaban J connectivity index is 1.86. The fraction of sp³-hybridized carbons (Fsp3) is 0.185. The molecule has 0 amide bonds. The van der Waals surface area contributed by atoms with Crippen LogP contribution in [0.2, 0.25) is 0 Å². The largest absolute Gasteiger partial charge is 0.470 e. The summed E-state index contributed by atoms with van der Waals surface area (Å²) in [5, 5.41) is 8.08. The maximum Gasteiger partial charge on any atom is 0.337 e. The molecular weight excluding hydrogens is 493 g/mol. The van der Waals surface area contributed by atoms with Crippen LogP contribution < -0.4 is 0 Å². The third-order valence-corrected chi connectivity index (χ3v) is 5.75. The smallest absolute Gasteiger partial charge is 0.337 e. The van der Waals surface area contributed by atoms with Crippen molar-refractivity contribution < 1.29 is 14.3 Å². The molecule has 0 aliphatic heterocycles. The van der Waals surface area contributed by atoms with Crippen molar-refractivity contribution in [2.75, 3.05) is 0 Å².